The molecule has 2 N–H and O–H groups in total. The van der Waals surface area contributed by atoms with Gasteiger partial charge < -0.3 is 15.4 Å². The standard InChI is InChI=1S/C25H26FN3O5S/c1-15(2)21(28-22(30)18-6-4-5-7-19(18)26)23(31)27-12-13-29-24(32)20(35-25(29)33)14-16-8-10-17(34-3)11-9-16/h4-11,14-15,21H,12-13H2,1-3H3,(H,27,31)(H,28,30)/t21-/m0/s1. The van der Waals surface area contributed by atoms with Crippen LogP contribution in [-0.4, -0.2) is 54.1 Å². The van der Waals surface area contributed by atoms with Crippen LogP contribution in [0.5, 0.6) is 5.75 Å². The quantitative estimate of drug-likeness (QED) is 0.512. The molecule has 35 heavy (non-hydrogen) atoms. The second kappa shape index (κ2) is 11.7. The molecule has 8 nitrogen and oxygen atoms in total. The molecule has 2 aromatic carbocycles. The lowest BCUT2D eigenvalue weighted by molar-refractivity contribution is -0.125. The van der Waals surface area contributed by atoms with E-state index in [2.05, 4.69) is 10.6 Å². The van der Waals surface area contributed by atoms with Gasteiger partial charge in [0.2, 0.25) is 5.91 Å². The van der Waals surface area contributed by atoms with E-state index in [1.165, 1.54) is 24.3 Å². The topological polar surface area (TPSA) is 105 Å². The normalized spacial score (nSPS) is 15.5. The summed E-state index contributed by atoms with van der Waals surface area (Å²) in [7, 11) is 1.56. The Bertz CT molecular complexity index is 1150. The van der Waals surface area contributed by atoms with Crippen LogP contribution in [0.2, 0.25) is 0 Å². The minimum Gasteiger partial charge on any atom is -0.497 e. The van der Waals surface area contributed by atoms with Crippen LogP contribution in [0, 0.1) is 11.7 Å². The zero-order chi connectivity index (χ0) is 25.5. The largest absolute Gasteiger partial charge is 0.497 e. The fraction of sp³-hybridized carbons (Fsp3) is 0.280. The van der Waals surface area contributed by atoms with E-state index in [1.54, 1.807) is 51.3 Å². The van der Waals surface area contributed by atoms with Gasteiger partial charge in [-0.05, 0) is 53.6 Å². The Hall–Kier alpha value is -3.66. The van der Waals surface area contributed by atoms with Gasteiger partial charge in [0.25, 0.3) is 17.1 Å². The van der Waals surface area contributed by atoms with Crippen molar-refractivity contribution in [2.75, 3.05) is 20.2 Å². The highest BCUT2D eigenvalue weighted by Crippen LogP contribution is 2.32. The third kappa shape index (κ3) is 6.48. The number of hydrogen-bond donors (Lipinski definition) is 2. The van der Waals surface area contributed by atoms with Crippen molar-refractivity contribution in [3.63, 3.8) is 0 Å². The average molecular weight is 500 g/mol. The van der Waals surface area contributed by atoms with Crippen molar-refractivity contribution in [3.8, 4) is 5.75 Å². The summed E-state index contributed by atoms with van der Waals surface area (Å²) in [6, 6.07) is 11.6. The van der Waals surface area contributed by atoms with Gasteiger partial charge in [0.05, 0.1) is 17.6 Å². The smallest absolute Gasteiger partial charge is 0.293 e. The molecule has 0 saturated carbocycles. The molecule has 0 spiro atoms. The lowest BCUT2D eigenvalue weighted by Gasteiger charge is -2.22. The van der Waals surface area contributed by atoms with E-state index in [1.807, 2.05) is 0 Å². The highest BCUT2D eigenvalue weighted by Gasteiger charge is 2.35. The minimum atomic E-state index is -0.924. The molecule has 4 amide bonds. The number of carbonyl (C=O) groups is 4. The Labute approximate surface area is 206 Å². The summed E-state index contributed by atoms with van der Waals surface area (Å²) in [6.45, 7) is 3.46. The van der Waals surface area contributed by atoms with Crippen LogP contribution >= 0.6 is 11.8 Å². The summed E-state index contributed by atoms with van der Waals surface area (Å²) < 4.78 is 19.0. The molecule has 0 unspecified atom stereocenters. The van der Waals surface area contributed by atoms with Crippen LogP contribution in [0.3, 0.4) is 0 Å². The minimum absolute atomic E-state index is 0.00543. The zero-order valence-corrected chi connectivity index (χ0v) is 20.4. The van der Waals surface area contributed by atoms with Crippen LogP contribution < -0.4 is 15.4 Å². The number of hydrogen-bond acceptors (Lipinski definition) is 6. The Kier molecular flexibility index (Phi) is 8.64. The molecule has 0 radical (unpaired) electrons. The Balaban J connectivity index is 1.57. The van der Waals surface area contributed by atoms with E-state index in [4.69, 9.17) is 4.74 Å². The summed E-state index contributed by atoms with van der Waals surface area (Å²) in [5, 5.41) is 4.76. The van der Waals surface area contributed by atoms with Crippen molar-refractivity contribution in [1.29, 1.82) is 0 Å². The van der Waals surface area contributed by atoms with Gasteiger partial charge in [-0.25, -0.2) is 4.39 Å². The number of halogens is 1. The number of benzene rings is 2. The molecule has 3 rings (SSSR count). The lowest BCUT2D eigenvalue weighted by atomic mass is 10.0. The Morgan fingerprint density at radius 1 is 1.11 bits per heavy atom. The van der Waals surface area contributed by atoms with E-state index in [-0.39, 0.29) is 29.5 Å². The van der Waals surface area contributed by atoms with Crippen molar-refractivity contribution in [1.82, 2.24) is 15.5 Å². The van der Waals surface area contributed by atoms with E-state index < -0.39 is 34.8 Å². The zero-order valence-electron chi connectivity index (χ0n) is 19.5. The molecular formula is C25H26FN3O5S. The van der Waals surface area contributed by atoms with Crippen molar-refractivity contribution in [2.45, 2.75) is 19.9 Å². The Morgan fingerprint density at radius 2 is 1.80 bits per heavy atom. The molecular weight excluding hydrogens is 473 g/mol. The number of methoxy groups -OCH3 is 1. The number of ether oxygens (including phenoxy) is 1. The molecule has 0 aromatic heterocycles. The second-order valence-corrected chi connectivity index (χ2v) is 9.07. The average Bonchev–Trinajstić information content (AvgIpc) is 3.10. The van der Waals surface area contributed by atoms with E-state index in [0.717, 1.165) is 22.2 Å². The van der Waals surface area contributed by atoms with Gasteiger partial charge in [-0.2, -0.15) is 0 Å². The van der Waals surface area contributed by atoms with Crippen LogP contribution in [0.1, 0.15) is 29.8 Å². The molecule has 0 aliphatic carbocycles. The van der Waals surface area contributed by atoms with Crippen molar-refractivity contribution in [3.05, 3.63) is 70.4 Å². The van der Waals surface area contributed by atoms with Gasteiger partial charge in [0.1, 0.15) is 17.6 Å². The number of nitrogens with zero attached hydrogens (tertiary/aromatic N) is 1. The summed E-state index contributed by atoms with van der Waals surface area (Å²) in [5.41, 5.74) is 0.586. The molecule has 1 aliphatic rings. The predicted octanol–water partition coefficient (Wildman–Crippen LogP) is 3.44. The first-order valence-corrected chi connectivity index (χ1v) is 11.8. The van der Waals surface area contributed by atoms with Gasteiger partial charge in [-0.3, -0.25) is 24.1 Å². The number of carbonyl (C=O) groups excluding carboxylic acids is 4. The first-order chi connectivity index (χ1) is 16.7. The van der Waals surface area contributed by atoms with E-state index in [9.17, 15) is 23.6 Å². The molecule has 2 aromatic rings. The number of amides is 4. The maximum atomic E-state index is 13.9. The Morgan fingerprint density at radius 3 is 2.43 bits per heavy atom. The SMILES string of the molecule is COc1ccc(C=C2SC(=O)N(CCNC(=O)[C@@H](NC(=O)c3ccccc3F)C(C)C)C2=O)cc1. The maximum Gasteiger partial charge on any atom is 0.293 e. The van der Waals surface area contributed by atoms with Crippen LogP contribution in [0.25, 0.3) is 6.08 Å². The number of imide groups is 1. The highest BCUT2D eigenvalue weighted by molar-refractivity contribution is 8.18. The fourth-order valence-electron chi connectivity index (χ4n) is 3.34. The molecule has 1 saturated heterocycles. The monoisotopic (exact) mass is 499 g/mol. The molecule has 184 valence electrons. The molecule has 1 atom stereocenters. The van der Waals surface area contributed by atoms with Crippen molar-refractivity contribution in [2.24, 2.45) is 5.92 Å². The fourth-order valence-corrected chi connectivity index (χ4v) is 4.21. The summed E-state index contributed by atoms with van der Waals surface area (Å²) in [6.07, 6.45) is 1.62. The number of rotatable bonds is 9. The molecule has 1 fully saturated rings. The molecule has 0 bridgehead atoms. The number of nitrogens with one attached hydrogen (secondary N) is 2. The van der Waals surface area contributed by atoms with Gasteiger partial charge in [-0.15, -0.1) is 0 Å². The predicted molar refractivity (Wildman–Crippen MR) is 131 cm³/mol. The lowest BCUT2D eigenvalue weighted by Crippen LogP contribution is -2.51. The summed E-state index contributed by atoms with van der Waals surface area (Å²) in [5.74, 6) is -1.93. The second-order valence-electron chi connectivity index (χ2n) is 8.07. The molecule has 1 aliphatic heterocycles. The summed E-state index contributed by atoms with van der Waals surface area (Å²) in [4.78, 5) is 51.5. The van der Waals surface area contributed by atoms with Crippen LogP contribution in [0.15, 0.2) is 53.4 Å². The van der Waals surface area contributed by atoms with Gasteiger partial charge >= 0.3 is 0 Å². The number of thioether (sulfide) groups is 1. The molecule has 10 heteroatoms. The third-order valence-electron chi connectivity index (χ3n) is 5.28. The van der Waals surface area contributed by atoms with Crippen LogP contribution in [-0.2, 0) is 9.59 Å². The third-order valence-corrected chi connectivity index (χ3v) is 6.18. The van der Waals surface area contributed by atoms with Crippen LogP contribution in [0.4, 0.5) is 9.18 Å². The van der Waals surface area contributed by atoms with E-state index >= 15 is 0 Å². The van der Waals surface area contributed by atoms with Crippen molar-refractivity contribution < 1.29 is 28.3 Å². The van der Waals surface area contributed by atoms with Crippen molar-refractivity contribution >= 4 is 40.8 Å². The summed E-state index contributed by atoms with van der Waals surface area (Å²) >= 11 is 0.826. The van der Waals surface area contributed by atoms with E-state index in [0.29, 0.717) is 5.75 Å². The highest BCUT2D eigenvalue weighted by atomic mass is 32.2. The maximum absolute atomic E-state index is 13.9. The molecule has 1 heterocycles. The van der Waals surface area contributed by atoms with Gasteiger partial charge in [0, 0.05) is 13.1 Å². The first kappa shape index (κ1) is 26.0. The van der Waals surface area contributed by atoms with Gasteiger partial charge in [0.15, 0.2) is 0 Å². The van der Waals surface area contributed by atoms with Gasteiger partial charge in [-0.1, -0.05) is 38.1 Å². The first-order valence-electron chi connectivity index (χ1n) is 10.9.